The highest BCUT2D eigenvalue weighted by Gasteiger charge is 1.91. The molecule has 0 bridgehead atoms. The monoisotopic (exact) mass is 306 g/mol. The average Bonchev–Trinajstić information content (AvgIpc) is 2.51. The Balaban J connectivity index is 3.35. The van der Waals surface area contributed by atoms with Crippen LogP contribution in [0.1, 0.15) is 78.1 Å². The summed E-state index contributed by atoms with van der Waals surface area (Å²) in [5, 5.41) is 0. The second-order valence-corrected chi connectivity index (χ2v) is 5.54. The predicted octanol–water partition coefficient (Wildman–Crippen LogP) is 6.14. The Bertz CT molecular complexity index is 327. The second kappa shape index (κ2) is 17.7. The van der Waals surface area contributed by atoms with Crippen molar-refractivity contribution in [2.24, 2.45) is 0 Å². The van der Waals surface area contributed by atoms with Crippen molar-refractivity contribution in [1.82, 2.24) is 0 Å². The summed E-state index contributed by atoms with van der Waals surface area (Å²) in [6, 6.07) is 0. The molecule has 126 valence electrons. The van der Waals surface area contributed by atoms with Crippen LogP contribution in [0, 0.1) is 0 Å². The Hall–Kier alpha value is -1.31. The van der Waals surface area contributed by atoms with Crippen molar-refractivity contribution in [2.45, 2.75) is 78.1 Å². The summed E-state index contributed by atoms with van der Waals surface area (Å²) >= 11 is 0. The first-order valence-corrected chi connectivity index (χ1v) is 8.97. The van der Waals surface area contributed by atoms with Crippen molar-refractivity contribution in [3.05, 3.63) is 36.5 Å². The number of carbonyl (C=O) groups is 1. The maximum atomic E-state index is 11.0. The normalized spacial score (nSPS) is 11.9. The van der Waals surface area contributed by atoms with Gasteiger partial charge in [-0.3, -0.25) is 0 Å². The van der Waals surface area contributed by atoms with Crippen LogP contribution in [-0.4, -0.2) is 12.6 Å². The van der Waals surface area contributed by atoms with E-state index >= 15 is 0 Å². The van der Waals surface area contributed by atoms with E-state index in [0.717, 1.165) is 6.42 Å². The number of ether oxygens (including phenoxy) is 1. The fourth-order valence-corrected chi connectivity index (χ4v) is 2.20. The lowest BCUT2D eigenvalue weighted by Crippen LogP contribution is -1.98. The lowest BCUT2D eigenvalue weighted by Gasteiger charge is -2.00. The molecule has 0 fully saturated rings. The van der Waals surface area contributed by atoms with Gasteiger partial charge in [-0.2, -0.15) is 0 Å². The first-order chi connectivity index (χ1) is 10.8. The van der Waals surface area contributed by atoms with E-state index in [1.165, 1.54) is 63.9 Å². The summed E-state index contributed by atoms with van der Waals surface area (Å²) in [6.45, 7) is 4.49. The summed E-state index contributed by atoms with van der Waals surface area (Å²) in [6.07, 6.45) is 24.7. The number of esters is 1. The number of allylic oxidation sites excluding steroid dienone is 5. The van der Waals surface area contributed by atoms with Crippen LogP contribution in [-0.2, 0) is 9.53 Å². The minimum atomic E-state index is -0.286. The van der Waals surface area contributed by atoms with E-state index in [2.05, 4.69) is 13.0 Å². The molecule has 0 aromatic heterocycles. The molecule has 0 aliphatic heterocycles. The van der Waals surface area contributed by atoms with Gasteiger partial charge in [-0.15, -0.1) is 0 Å². The molecule has 22 heavy (non-hydrogen) atoms. The quantitative estimate of drug-likeness (QED) is 0.167. The van der Waals surface area contributed by atoms with Crippen molar-refractivity contribution < 1.29 is 9.53 Å². The van der Waals surface area contributed by atoms with Gasteiger partial charge in [-0.1, -0.05) is 88.7 Å². The molecule has 0 atom stereocenters. The molecule has 0 saturated heterocycles. The zero-order valence-corrected chi connectivity index (χ0v) is 14.6. The summed E-state index contributed by atoms with van der Waals surface area (Å²) in [5.74, 6) is -0.286. The van der Waals surface area contributed by atoms with E-state index < -0.39 is 0 Å². The molecule has 0 N–H and O–H groups in total. The Morgan fingerprint density at radius 1 is 0.773 bits per heavy atom. The van der Waals surface area contributed by atoms with Gasteiger partial charge >= 0.3 is 5.97 Å². The number of unbranched alkanes of at least 4 members (excludes halogenated alkanes) is 9. The lowest BCUT2D eigenvalue weighted by atomic mass is 10.1. The van der Waals surface area contributed by atoms with Crippen molar-refractivity contribution in [3.63, 3.8) is 0 Å². The van der Waals surface area contributed by atoms with Crippen LogP contribution in [0.3, 0.4) is 0 Å². The van der Waals surface area contributed by atoms with Gasteiger partial charge in [-0.25, -0.2) is 4.79 Å². The molecule has 0 radical (unpaired) electrons. The maximum Gasteiger partial charge on any atom is 0.330 e. The van der Waals surface area contributed by atoms with Gasteiger partial charge in [0.1, 0.15) is 0 Å². The van der Waals surface area contributed by atoms with E-state index in [1.54, 1.807) is 13.0 Å². The SMILES string of the molecule is CCCCCCCCCCCC=C/C=C/C=C/C(=O)OCC. The van der Waals surface area contributed by atoms with Gasteiger partial charge in [0.15, 0.2) is 0 Å². The standard InChI is InChI=1S/C20H34O2/c1-3-5-6-7-8-9-10-11-12-13-14-15-16-17-18-19-20(21)22-4-2/h14-19H,3-13H2,1-2H3/b15-14?,17-16+,19-18+. The largest absolute Gasteiger partial charge is 0.463 e. The third-order valence-electron chi connectivity index (χ3n) is 3.46. The molecule has 0 aromatic rings. The fourth-order valence-electron chi connectivity index (χ4n) is 2.20. The van der Waals surface area contributed by atoms with E-state index in [4.69, 9.17) is 4.74 Å². The van der Waals surface area contributed by atoms with Gasteiger partial charge in [0.25, 0.3) is 0 Å². The lowest BCUT2D eigenvalue weighted by molar-refractivity contribution is -0.137. The van der Waals surface area contributed by atoms with Crippen LogP contribution in [0.4, 0.5) is 0 Å². The van der Waals surface area contributed by atoms with Crippen molar-refractivity contribution >= 4 is 5.97 Å². The highest BCUT2D eigenvalue weighted by molar-refractivity contribution is 5.82. The van der Waals surface area contributed by atoms with Crippen LogP contribution in [0.15, 0.2) is 36.5 Å². The van der Waals surface area contributed by atoms with E-state index in [1.807, 2.05) is 18.2 Å². The van der Waals surface area contributed by atoms with E-state index in [-0.39, 0.29) is 5.97 Å². The third-order valence-corrected chi connectivity index (χ3v) is 3.46. The van der Waals surface area contributed by atoms with Crippen LogP contribution >= 0.6 is 0 Å². The van der Waals surface area contributed by atoms with Crippen LogP contribution in [0.2, 0.25) is 0 Å². The van der Waals surface area contributed by atoms with Crippen molar-refractivity contribution in [3.8, 4) is 0 Å². The second-order valence-electron chi connectivity index (χ2n) is 5.54. The summed E-state index contributed by atoms with van der Waals surface area (Å²) in [7, 11) is 0. The summed E-state index contributed by atoms with van der Waals surface area (Å²) in [4.78, 5) is 11.0. The molecule has 0 saturated carbocycles. The van der Waals surface area contributed by atoms with Gasteiger partial charge in [0.05, 0.1) is 6.61 Å². The molecule has 0 rings (SSSR count). The van der Waals surface area contributed by atoms with E-state index in [0.29, 0.717) is 6.61 Å². The number of carbonyl (C=O) groups excluding carboxylic acids is 1. The van der Waals surface area contributed by atoms with E-state index in [9.17, 15) is 4.79 Å². The minimum absolute atomic E-state index is 0.286. The third kappa shape index (κ3) is 16.7. The molecular formula is C20H34O2. The van der Waals surface area contributed by atoms with Crippen molar-refractivity contribution in [1.29, 1.82) is 0 Å². The van der Waals surface area contributed by atoms with Crippen LogP contribution in [0.25, 0.3) is 0 Å². The molecular weight excluding hydrogens is 272 g/mol. The zero-order valence-electron chi connectivity index (χ0n) is 14.6. The van der Waals surface area contributed by atoms with Crippen LogP contribution < -0.4 is 0 Å². The maximum absolute atomic E-state index is 11.0. The molecule has 0 aliphatic rings. The van der Waals surface area contributed by atoms with Gasteiger partial charge in [0.2, 0.25) is 0 Å². The van der Waals surface area contributed by atoms with Gasteiger partial charge in [0, 0.05) is 6.08 Å². The molecule has 0 amide bonds. The van der Waals surface area contributed by atoms with Crippen molar-refractivity contribution in [2.75, 3.05) is 6.61 Å². The van der Waals surface area contributed by atoms with Gasteiger partial charge in [-0.05, 0) is 19.8 Å². The Kier molecular flexibility index (Phi) is 16.7. The topological polar surface area (TPSA) is 26.3 Å². The highest BCUT2D eigenvalue weighted by atomic mass is 16.5. The molecule has 0 unspecified atom stereocenters. The molecule has 0 aromatic carbocycles. The molecule has 2 nitrogen and oxygen atoms in total. The summed E-state index contributed by atoms with van der Waals surface area (Å²) < 4.78 is 4.78. The van der Waals surface area contributed by atoms with Gasteiger partial charge < -0.3 is 4.74 Å². The van der Waals surface area contributed by atoms with Crippen LogP contribution in [0.5, 0.6) is 0 Å². The Morgan fingerprint density at radius 2 is 1.36 bits per heavy atom. The zero-order chi connectivity index (χ0) is 16.3. The fraction of sp³-hybridized carbons (Fsp3) is 0.650. The smallest absolute Gasteiger partial charge is 0.330 e. The molecule has 0 spiro atoms. The number of hydrogen-bond donors (Lipinski definition) is 0. The first-order valence-electron chi connectivity index (χ1n) is 8.97. The Morgan fingerprint density at radius 3 is 2.00 bits per heavy atom. The molecule has 0 aliphatic carbocycles. The molecule has 2 heteroatoms. The average molecular weight is 306 g/mol. The summed E-state index contributed by atoms with van der Waals surface area (Å²) in [5.41, 5.74) is 0. The Labute approximate surface area is 137 Å². The number of rotatable bonds is 14. The predicted molar refractivity (Wildman–Crippen MR) is 95.9 cm³/mol. The molecule has 0 heterocycles. The number of hydrogen-bond acceptors (Lipinski definition) is 2. The minimum Gasteiger partial charge on any atom is -0.463 e. The highest BCUT2D eigenvalue weighted by Crippen LogP contribution is 2.10. The first kappa shape index (κ1) is 20.7.